The first-order chi connectivity index (χ1) is 11.1. The van der Waals surface area contributed by atoms with Gasteiger partial charge in [0.1, 0.15) is 11.5 Å². The molecule has 23 heavy (non-hydrogen) atoms. The maximum absolute atomic E-state index is 13.7. The number of rotatable bonds is 7. The molecule has 0 spiro atoms. The smallest absolute Gasteiger partial charge is 0.273 e. The number of aromatic nitrogens is 3. The van der Waals surface area contributed by atoms with E-state index in [1.54, 1.807) is 19.2 Å². The molecule has 1 amide bonds. The van der Waals surface area contributed by atoms with Crippen LogP contribution in [0.25, 0.3) is 11.4 Å². The van der Waals surface area contributed by atoms with Gasteiger partial charge in [-0.25, -0.2) is 4.39 Å². The van der Waals surface area contributed by atoms with Gasteiger partial charge in [0.15, 0.2) is 5.82 Å². The van der Waals surface area contributed by atoms with Crippen LogP contribution in [0.5, 0.6) is 0 Å². The Bertz CT molecular complexity index is 733. The number of hydrogen-bond acceptors (Lipinski definition) is 5. The van der Waals surface area contributed by atoms with Gasteiger partial charge >= 0.3 is 0 Å². The Labute approximate surface area is 131 Å². The van der Waals surface area contributed by atoms with Gasteiger partial charge in [0, 0.05) is 26.5 Å². The lowest BCUT2D eigenvalue weighted by Crippen LogP contribution is -2.28. The van der Waals surface area contributed by atoms with Gasteiger partial charge in [-0.3, -0.25) is 9.59 Å². The molecule has 2 aromatic rings. The third-order valence-corrected chi connectivity index (χ3v) is 3.11. The Kier molecular flexibility index (Phi) is 5.93. The Morgan fingerprint density at radius 2 is 2.13 bits per heavy atom. The molecule has 2 N–H and O–H groups in total. The molecule has 7 nitrogen and oxygen atoms in total. The number of carbonyl (C=O) groups is 1. The number of nitrogens with zero attached hydrogens (tertiary/aromatic N) is 2. The number of amides is 1. The van der Waals surface area contributed by atoms with Crippen molar-refractivity contribution in [1.82, 2.24) is 20.5 Å². The molecule has 0 radical (unpaired) electrons. The zero-order valence-corrected chi connectivity index (χ0v) is 12.6. The van der Waals surface area contributed by atoms with Crippen LogP contribution >= 0.6 is 0 Å². The minimum Gasteiger partial charge on any atom is -0.383 e. The number of methoxy groups -OCH3 is 1. The number of nitrogens with one attached hydrogen (secondary N) is 2. The summed E-state index contributed by atoms with van der Waals surface area (Å²) < 4.78 is 18.5. The topological polar surface area (TPSA) is 97.0 Å². The van der Waals surface area contributed by atoms with Crippen LogP contribution in [0.15, 0.2) is 29.1 Å². The summed E-state index contributed by atoms with van der Waals surface area (Å²) in [7, 11) is 1.54. The highest BCUT2D eigenvalue weighted by Gasteiger charge is 2.11. The molecular weight excluding hydrogens is 303 g/mol. The minimum atomic E-state index is -0.497. The van der Waals surface area contributed by atoms with Gasteiger partial charge in [0.25, 0.3) is 5.56 Å². The summed E-state index contributed by atoms with van der Waals surface area (Å²) in [5.41, 5.74) is -0.184. The summed E-state index contributed by atoms with van der Waals surface area (Å²) in [6.45, 7) is 0.826. The lowest BCUT2D eigenvalue weighted by Gasteiger charge is -2.05. The van der Waals surface area contributed by atoms with E-state index in [0.29, 0.717) is 13.2 Å². The molecule has 0 aliphatic carbocycles. The van der Waals surface area contributed by atoms with E-state index in [4.69, 9.17) is 4.74 Å². The van der Waals surface area contributed by atoms with Gasteiger partial charge in [-0.05, 0) is 12.1 Å². The van der Waals surface area contributed by atoms with Crippen molar-refractivity contribution in [2.24, 2.45) is 0 Å². The Hall–Kier alpha value is -2.61. The number of H-pyrrole nitrogens is 1. The highest BCUT2D eigenvalue weighted by atomic mass is 19.1. The average Bonchev–Trinajstić information content (AvgIpc) is 2.54. The molecule has 0 bridgehead atoms. The van der Waals surface area contributed by atoms with Crippen LogP contribution in [0.4, 0.5) is 4.39 Å². The Morgan fingerprint density at radius 1 is 1.35 bits per heavy atom. The van der Waals surface area contributed by atoms with Crippen molar-refractivity contribution in [3.05, 3.63) is 46.1 Å². The standard InChI is InChI=1S/C15H17FN4O3/c1-23-9-8-17-13(21)7-6-12-15(22)18-14(20-19-12)10-4-2-3-5-11(10)16/h2-5H,6-9H2,1H3,(H,17,21)(H,18,20,22). The molecule has 0 saturated heterocycles. The SMILES string of the molecule is COCCNC(=O)CCc1nnc(-c2ccccc2F)[nH]c1=O. The van der Waals surface area contributed by atoms with Gasteiger partial charge in [0.2, 0.25) is 5.91 Å². The molecule has 1 heterocycles. The molecule has 2 rings (SSSR count). The number of benzene rings is 1. The van der Waals surface area contributed by atoms with Crippen molar-refractivity contribution in [2.75, 3.05) is 20.3 Å². The van der Waals surface area contributed by atoms with Gasteiger partial charge in [-0.15, -0.1) is 10.2 Å². The van der Waals surface area contributed by atoms with Crippen molar-refractivity contribution in [1.29, 1.82) is 0 Å². The predicted octanol–water partition coefficient (Wildman–Crippen LogP) is 0.666. The minimum absolute atomic E-state index is 0.0568. The quantitative estimate of drug-likeness (QED) is 0.731. The number of aromatic amines is 1. The van der Waals surface area contributed by atoms with Crippen molar-refractivity contribution in [3.63, 3.8) is 0 Å². The fourth-order valence-electron chi connectivity index (χ4n) is 1.91. The summed E-state index contributed by atoms with van der Waals surface area (Å²) in [6.07, 6.45) is 0.263. The summed E-state index contributed by atoms with van der Waals surface area (Å²) in [4.78, 5) is 26.0. The van der Waals surface area contributed by atoms with E-state index < -0.39 is 11.4 Å². The van der Waals surface area contributed by atoms with Crippen LogP contribution in [-0.4, -0.2) is 41.3 Å². The summed E-state index contributed by atoms with van der Waals surface area (Å²) in [5, 5.41) is 10.3. The van der Waals surface area contributed by atoms with Gasteiger partial charge in [-0.2, -0.15) is 0 Å². The van der Waals surface area contributed by atoms with E-state index in [1.807, 2.05) is 0 Å². The fraction of sp³-hybridized carbons (Fsp3) is 0.333. The zero-order valence-electron chi connectivity index (χ0n) is 12.6. The molecule has 8 heteroatoms. The van der Waals surface area contributed by atoms with Crippen molar-refractivity contribution in [2.45, 2.75) is 12.8 Å². The highest BCUT2D eigenvalue weighted by Crippen LogP contribution is 2.16. The number of hydrogen-bond donors (Lipinski definition) is 2. The fourth-order valence-corrected chi connectivity index (χ4v) is 1.91. The largest absolute Gasteiger partial charge is 0.383 e. The zero-order chi connectivity index (χ0) is 16.7. The average molecular weight is 320 g/mol. The molecule has 0 aliphatic heterocycles. The maximum atomic E-state index is 13.7. The van der Waals surface area contributed by atoms with Gasteiger partial charge < -0.3 is 15.0 Å². The third-order valence-electron chi connectivity index (χ3n) is 3.11. The van der Waals surface area contributed by atoms with Crippen LogP contribution in [0.2, 0.25) is 0 Å². The monoisotopic (exact) mass is 320 g/mol. The van der Waals surface area contributed by atoms with Crippen molar-refractivity contribution < 1.29 is 13.9 Å². The second-order valence-corrected chi connectivity index (χ2v) is 4.77. The normalized spacial score (nSPS) is 10.5. The number of carbonyl (C=O) groups excluding carboxylic acids is 1. The van der Waals surface area contributed by atoms with Gasteiger partial charge in [0.05, 0.1) is 12.2 Å². The Morgan fingerprint density at radius 3 is 2.83 bits per heavy atom. The van der Waals surface area contributed by atoms with Crippen LogP contribution < -0.4 is 10.9 Å². The van der Waals surface area contributed by atoms with E-state index in [1.165, 1.54) is 12.1 Å². The second-order valence-electron chi connectivity index (χ2n) is 4.77. The molecule has 0 unspecified atom stereocenters. The summed E-state index contributed by atoms with van der Waals surface area (Å²) >= 11 is 0. The molecule has 0 fully saturated rings. The van der Waals surface area contributed by atoms with Crippen LogP contribution in [0.3, 0.4) is 0 Å². The van der Waals surface area contributed by atoms with Crippen molar-refractivity contribution >= 4 is 5.91 Å². The van der Waals surface area contributed by atoms with Crippen LogP contribution in [0, 0.1) is 5.82 Å². The lowest BCUT2D eigenvalue weighted by atomic mass is 10.2. The molecule has 1 aromatic carbocycles. The number of halogens is 1. The number of aryl methyl sites for hydroxylation is 1. The van der Waals surface area contributed by atoms with E-state index in [9.17, 15) is 14.0 Å². The first-order valence-electron chi connectivity index (χ1n) is 7.08. The lowest BCUT2D eigenvalue weighted by molar-refractivity contribution is -0.121. The second kappa shape index (κ2) is 8.14. The highest BCUT2D eigenvalue weighted by molar-refractivity contribution is 5.76. The summed E-state index contributed by atoms with van der Waals surface area (Å²) in [6, 6.07) is 5.95. The third kappa shape index (κ3) is 4.68. The molecular formula is C15H17FN4O3. The molecule has 0 aliphatic rings. The molecule has 122 valence electrons. The maximum Gasteiger partial charge on any atom is 0.273 e. The van der Waals surface area contributed by atoms with E-state index >= 15 is 0 Å². The first kappa shape index (κ1) is 16.8. The number of ether oxygens (including phenoxy) is 1. The van der Waals surface area contributed by atoms with E-state index in [0.717, 1.165) is 0 Å². The molecule has 0 atom stereocenters. The van der Waals surface area contributed by atoms with Crippen molar-refractivity contribution in [3.8, 4) is 11.4 Å². The van der Waals surface area contributed by atoms with E-state index in [2.05, 4.69) is 20.5 Å². The molecule has 1 aromatic heterocycles. The summed E-state index contributed by atoms with van der Waals surface area (Å²) in [5.74, 6) is -0.648. The van der Waals surface area contributed by atoms with E-state index in [-0.39, 0.29) is 35.8 Å². The first-order valence-corrected chi connectivity index (χ1v) is 7.08. The van der Waals surface area contributed by atoms with Gasteiger partial charge in [-0.1, -0.05) is 12.1 Å². The van der Waals surface area contributed by atoms with Crippen LogP contribution in [0.1, 0.15) is 12.1 Å². The molecule has 0 saturated carbocycles. The predicted molar refractivity (Wildman–Crippen MR) is 81.3 cm³/mol. The van der Waals surface area contributed by atoms with Crippen LogP contribution in [-0.2, 0) is 16.0 Å². The Balaban J connectivity index is 2.02.